The van der Waals surface area contributed by atoms with Gasteiger partial charge in [-0.2, -0.15) is 0 Å². The normalized spacial score (nSPS) is 17.7. The standard InChI is InChI=1S/C13H22N4O3/c1-10-7-12(16-20-10)15-13(19)14-8-11(18)9-17-5-3-2-4-6-17/h7,11,18H,2-6,8-9H2,1H3,(H2,14,15,16,19). The molecule has 20 heavy (non-hydrogen) atoms. The third-order valence-electron chi connectivity index (χ3n) is 3.29. The Morgan fingerprint density at radius 2 is 2.25 bits per heavy atom. The molecule has 7 heteroatoms. The summed E-state index contributed by atoms with van der Waals surface area (Å²) in [5.41, 5.74) is 0. The minimum absolute atomic E-state index is 0.221. The summed E-state index contributed by atoms with van der Waals surface area (Å²) in [7, 11) is 0. The lowest BCUT2D eigenvalue weighted by molar-refractivity contribution is 0.102. The molecule has 2 heterocycles. The van der Waals surface area contributed by atoms with E-state index in [0.717, 1.165) is 13.1 Å². The van der Waals surface area contributed by atoms with Gasteiger partial charge < -0.3 is 19.8 Å². The number of aryl methyl sites for hydroxylation is 1. The van der Waals surface area contributed by atoms with E-state index in [0.29, 0.717) is 18.1 Å². The predicted molar refractivity (Wildman–Crippen MR) is 74.6 cm³/mol. The van der Waals surface area contributed by atoms with Gasteiger partial charge in [0.25, 0.3) is 0 Å². The lowest BCUT2D eigenvalue weighted by Crippen LogP contribution is -2.43. The summed E-state index contributed by atoms with van der Waals surface area (Å²) < 4.78 is 4.84. The number of aliphatic hydroxyl groups excluding tert-OH is 1. The van der Waals surface area contributed by atoms with E-state index in [2.05, 4.69) is 20.7 Å². The molecule has 1 saturated heterocycles. The Labute approximate surface area is 118 Å². The van der Waals surface area contributed by atoms with Crippen molar-refractivity contribution in [2.75, 3.05) is 31.5 Å². The van der Waals surface area contributed by atoms with Gasteiger partial charge in [-0.05, 0) is 32.9 Å². The van der Waals surface area contributed by atoms with Gasteiger partial charge in [0, 0.05) is 19.2 Å². The number of amides is 2. The van der Waals surface area contributed by atoms with Gasteiger partial charge in [0.05, 0.1) is 6.10 Å². The first-order valence-electron chi connectivity index (χ1n) is 7.02. The summed E-state index contributed by atoms with van der Waals surface area (Å²) in [4.78, 5) is 13.8. The molecule has 1 aromatic heterocycles. The first kappa shape index (κ1) is 14.8. The van der Waals surface area contributed by atoms with Crippen molar-refractivity contribution in [1.82, 2.24) is 15.4 Å². The summed E-state index contributed by atoms with van der Waals surface area (Å²) >= 11 is 0. The van der Waals surface area contributed by atoms with Crippen LogP contribution in [-0.4, -0.2) is 53.5 Å². The molecule has 0 radical (unpaired) electrons. The molecule has 0 spiro atoms. The highest BCUT2D eigenvalue weighted by Gasteiger charge is 2.15. The second-order valence-corrected chi connectivity index (χ2v) is 5.17. The van der Waals surface area contributed by atoms with Crippen molar-refractivity contribution >= 4 is 11.8 Å². The van der Waals surface area contributed by atoms with Crippen molar-refractivity contribution in [3.63, 3.8) is 0 Å². The van der Waals surface area contributed by atoms with Crippen LogP contribution in [-0.2, 0) is 0 Å². The number of carbonyl (C=O) groups is 1. The number of carbonyl (C=O) groups excluding carboxylic acids is 1. The van der Waals surface area contributed by atoms with Crippen LogP contribution in [0.4, 0.5) is 10.6 Å². The van der Waals surface area contributed by atoms with Gasteiger partial charge >= 0.3 is 6.03 Å². The van der Waals surface area contributed by atoms with Crippen LogP contribution in [0.25, 0.3) is 0 Å². The zero-order valence-electron chi connectivity index (χ0n) is 11.8. The van der Waals surface area contributed by atoms with Crippen LogP contribution in [0.5, 0.6) is 0 Å². The van der Waals surface area contributed by atoms with Gasteiger partial charge in [0.1, 0.15) is 5.76 Å². The van der Waals surface area contributed by atoms with E-state index < -0.39 is 12.1 Å². The molecular formula is C13H22N4O3. The highest BCUT2D eigenvalue weighted by Crippen LogP contribution is 2.09. The molecule has 0 bridgehead atoms. The second-order valence-electron chi connectivity index (χ2n) is 5.17. The first-order valence-corrected chi connectivity index (χ1v) is 7.02. The second kappa shape index (κ2) is 7.25. The fourth-order valence-electron chi connectivity index (χ4n) is 2.30. The summed E-state index contributed by atoms with van der Waals surface area (Å²) in [6.07, 6.45) is 3.08. The number of hydrogen-bond acceptors (Lipinski definition) is 5. The lowest BCUT2D eigenvalue weighted by Gasteiger charge is -2.28. The fourth-order valence-corrected chi connectivity index (χ4v) is 2.30. The Kier molecular flexibility index (Phi) is 5.37. The number of urea groups is 1. The average molecular weight is 282 g/mol. The third-order valence-corrected chi connectivity index (χ3v) is 3.29. The molecule has 1 fully saturated rings. The number of β-amino-alcohol motifs (C(OH)–C–C–N with tert-alkyl or cyclic N) is 1. The Morgan fingerprint density at radius 3 is 2.90 bits per heavy atom. The molecule has 0 saturated carbocycles. The SMILES string of the molecule is Cc1cc(NC(=O)NCC(O)CN2CCCCC2)no1. The van der Waals surface area contributed by atoms with E-state index in [1.165, 1.54) is 19.3 Å². The maximum atomic E-state index is 11.6. The van der Waals surface area contributed by atoms with Crippen molar-refractivity contribution in [3.05, 3.63) is 11.8 Å². The van der Waals surface area contributed by atoms with Crippen molar-refractivity contribution in [1.29, 1.82) is 0 Å². The van der Waals surface area contributed by atoms with Gasteiger partial charge in [-0.3, -0.25) is 5.32 Å². The quantitative estimate of drug-likeness (QED) is 0.748. The maximum Gasteiger partial charge on any atom is 0.320 e. The topological polar surface area (TPSA) is 90.6 Å². The van der Waals surface area contributed by atoms with Crippen LogP contribution < -0.4 is 10.6 Å². The minimum Gasteiger partial charge on any atom is -0.390 e. The number of hydrogen-bond donors (Lipinski definition) is 3. The van der Waals surface area contributed by atoms with E-state index in [1.54, 1.807) is 13.0 Å². The van der Waals surface area contributed by atoms with Gasteiger partial charge in [-0.25, -0.2) is 4.79 Å². The van der Waals surface area contributed by atoms with Crippen LogP contribution in [0.3, 0.4) is 0 Å². The molecule has 112 valence electrons. The third kappa shape index (κ3) is 4.82. The van der Waals surface area contributed by atoms with Crippen LogP contribution in [0.2, 0.25) is 0 Å². The van der Waals surface area contributed by atoms with E-state index in [-0.39, 0.29) is 6.54 Å². The molecule has 1 unspecified atom stereocenters. The molecule has 0 aromatic carbocycles. The molecule has 1 aliphatic heterocycles. The van der Waals surface area contributed by atoms with Gasteiger partial charge in [0.15, 0.2) is 5.82 Å². The van der Waals surface area contributed by atoms with E-state index in [4.69, 9.17) is 4.52 Å². The largest absolute Gasteiger partial charge is 0.390 e. The number of nitrogens with zero attached hydrogens (tertiary/aromatic N) is 2. The molecule has 1 aromatic rings. The Balaban J connectivity index is 1.64. The van der Waals surface area contributed by atoms with Gasteiger partial charge in [0.2, 0.25) is 0 Å². The lowest BCUT2D eigenvalue weighted by atomic mass is 10.1. The van der Waals surface area contributed by atoms with Crippen molar-refractivity contribution < 1.29 is 14.4 Å². The minimum atomic E-state index is -0.558. The van der Waals surface area contributed by atoms with Crippen molar-refractivity contribution in [2.45, 2.75) is 32.3 Å². The number of nitrogens with one attached hydrogen (secondary N) is 2. The highest BCUT2D eigenvalue weighted by molar-refractivity contribution is 5.88. The number of rotatable bonds is 5. The summed E-state index contributed by atoms with van der Waals surface area (Å²) in [5, 5.41) is 18.7. The Hall–Kier alpha value is -1.60. The fraction of sp³-hybridized carbons (Fsp3) is 0.692. The highest BCUT2D eigenvalue weighted by atomic mass is 16.5. The number of piperidine rings is 1. The molecule has 1 atom stereocenters. The average Bonchev–Trinajstić information content (AvgIpc) is 2.83. The summed E-state index contributed by atoms with van der Waals surface area (Å²) in [5.74, 6) is 0.996. The predicted octanol–water partition coefficient (Wildman–Crippen LogP) is 0.951. The monoisotopic (exact) mass is 282 g/mol. The number of likely N-dealkylation sites (tertiary alicyclic amines) is 1. The van der Waals surface area contributed by atoms with Gasteiger partial charge in [-0.15, -0.1) is 0 Å². The molecule has 1 aliphatic rings. The van der Waals surface area contributed by atoms with E-state index >= 15 is 0 Å². The molecule has 2 amide bonds. The number of aromatic nitrogens is 1. The van der Waals surface area contributed by atoms with Crippen LogP contribution in [0, 0.1) is 6.92 Å². The number of anilines is 1. The molecular weight excluding hydrogens is 260 g/mol. The smallest absolute Gasteiger partial charge is 0.320 e. The van der Waals surface area contributed by atoms with Crippen LogP contribution in [0.15, 0.2) is 10.6 Å². The zero-order chi connectivity index (χ0) is 14.4. The van der Waals surface area contributed by atoms with E-state index in [1.807, 2.05) is 0 Å². The Bertz CT molecular complexity index is 429. The Morgan fingerprint density at radius 1 is 1.50 bits per heavy atom. The molecule has 0 aliphatic carbocycles. The maximum absolute atomic E-state index is 11.6. The van der Waals surface area contributed by atoms with E-state index in [9.17, 15) is 9.90 Å². The molecule has 7 nitrogen and oxygen atoms in total. The van der Waals surface area contributed by atoms with Crippen LogP contribution >= 0.6 is 0 Å². The molecule has 2 rings (SSSR count). The molecule has 3 N–H and O–H groups in total. The summed E-state index contributed by atoms with van der Waals surface area (Å²) in [6.45, 7) is 4.63. The number of aliphatic hydroxyl groups is 1. The first-order chi connectivity index (χ1) is 9.63. The zero-order valence-corrected chi connectivity index (χ0v) is 11.8. The van der Waals surface area contributed by atoms with Crippen molar-refractivity contribution in [3.8, 4) is 0 Å². The van der Waals surface area contributed by atoms with Gasteiger partial charge in [-0.1, -0.05) is 11.6 Å². The van der Waals surface area contributed by atoms with Crippen LogP contribution in [0.1, 0.15) is 25.0 Å². The summed E-state index contributed by atoms with van der Waals surface area (Å²) in [6, 6.07) is 1.24. The van der Waals surface area contributed by atoms with Crippen molar-refractivity contribution in [2.24, 2.45) is 0 Å².